The molecule has 168 valence electrons. The molecule has 0 atom stereocenters. The molecule has 0 fully saturated rings. The highest BCUT2D eigenvalue weighted by Gasteiger charge is 2.13. The van der Waals surface area contributed by atoms with Crippen molar-refractivity contribution >= 4 is 28.2 Å². The summed E-state index contributed by atoms with van der Waals surface area (Å²) < 4.78 is 16.5. The highest BCUT2D eigenvalue weighted by molar-refractivity contribution is 6.06. The molecule has 0 bridgehead atoms. The standard InChI is InChI=1S/C26H25N3O4/c1-16-10-24(27)23-11-18(8-9-25(23)28-16)29-26(30)22-7-5-4-6-17(22)15-33-21-13-19(31-2)12-20(14-21)32-3/h4-14H,15H2,1-3H3,(H2,27,28)(H,29,30). The number of fused-ring (bicyclic) bond motifs is 1. The van der Waals surface area contributed by atoms with Crippen molar-refractivity contribution in [2.75, 3.05) is 25.3 Å². The van der Waals surface area contributed by atoms with E-state index in [1.165, 1.54) is 0 Å². The predicted octanol–water partition coefficient (Wildman–Crippen LogP) is 4.97. The van der Waals surface area contributed by atoms with Crippen molar-refractivity contribution in [1.29, 1.82) is 0 Å². The summed E-state index contributed by atoms with van der Waals surface area (Å²) in [6.45, 7) is 2.10. The smallest absolute Gasteiger partial charge is 0.256 e. The van der Waals surface area contributed by atoms with Crippen LogP contribution < -0.4 is 25.3 Å². The monoisotopic (exact) mass is 443 g/mol. The summed E-state index contributed by atoms with van der Waals surface area (Å²) in [6.07, 6.45) is 0. The lowest BCUT2D eigenvalue weighted by molar-refractivity contribution is 0.102. The van der Waals surface area contributed by atoms with Crippen molar-refractivity contribution in [3.63, 3.8) is 0 Å². The lowest BCUT2D eigenvalue weighted by atomic mass is 10.1. The summed E-state index contributed by atoms with van der Waals surface area (Å²) in [7, 11) is 3.16. The Hall–Kier alpha value is -4.26. The van der Waals surface area contributed by atoms with Crippen LogP contribution in [0.2, 0.25) is 0 Å². The number of carbonyl (C=O) groups is 1. The van der Waals surface area contributed by atoms with Crippen molar-refractivity contribution in [1.82, 2.24) is 4.98 Å². The molecular formula is C26H25N3O4. The third kappa shape index (κ3) is 4.98. The molecule has 1 heterocycles. The zero-order chi connectivity index (χ0) is 23.4. The van der Waals surface area contributed by atoms with Crippen LogP contribution in [0.3, 0.4) is 0 Å². The van der Waals surface area contributed by atoms with Crippen LogP contribution in [0.1, 0.15) is 21.6 Å². The Labute approximate surface area is 192 Å². The summed E-state index contributed by atoms with van der Waals surface area (Å²) in [4.78, 5) is 17.5. The van der Waals surface area contributed by atoms with Gasteiger partial charge >= 0.3 is 0 Å². The fourth-order valence-corrected chi connectivity index (χ4v) is 3.56. The topological polar surface area (TPSA) is 95.7 Å². The van der Waals surface area contributed by atoms with Crippen molar-refractivity contribution < 1.29 is 19.0 Å². The summed E-state index contributed by atoms with van der Waals surface area (Å²) in [5, 5.41) is 3.74. The van der Waals surface area contributed by atoms with Crippen molar-refractivity contribution in [3.8, 4) is 17.2 Å². The van der Waals surface area contributed by atoms with Gasteiger partial charge in [0.1, 0.15) is 23.9 Å². The number of nitrogens with zero attached hydrogens (tertiary/aromatic N) is 1. The van der Waals surface area contributed by atoms with Crippen molar-refractivity contribution in [2.24, 2.45) is 0 Å². The Morgan fingerprint density at radius 2 is 1.64 bits per heavy atom. The zero-order valence-electron chi connectivity index (χ0n) is 18.7. The van der Waals surface area contributed by atoms with Gasteiger partial charge in [-0.2, -0.15) is 0 Å². The number of carbonyl (C=O) groups excluding carboxylic acids is 1. The maximum absolute atomic E-state index is 13.1. The van der Waals surface area contributed by atoms with E-state index in [2.05, 4.69) is 10.3 Å². The first-order valence-corrected chi connectivity index (χ1v) is 10.4. The average molecular weight is 444 g/mol. The normalized spacial score (nSPS) is 10.6. The van der Waals surface area contributed by atoms with Gasteiger partial charge in [-0.1, -0.05) is 18.2 Å². The van der Waals surface area contributed by atoms with E-state index in [-0.39, 0.29) is 12.5 Å². The van der Waals surface area contributed by atoms with Gasteiger partial charge in [0.15, 0.2) is 0 Å². The van der Waals surface area contributed by atoms with Crippen LogP contribution in [0.15, 0.2) is 66.7 Å². The van der Waals surface area contributed by atoms with Gasteiger partial charge in [0.05, 0.1) is 19.7 Å². The van der Waals surface area contributed by atoms with E-state index in [1.807, 2.05) is 49.4 Å². The minimum absolute atomic E-state index is 0.202. The van der Waals surface area contributed by atoms with Crippen LogP contribution in [-0.4, -0.2) is 25.1 Å². The van der Waals surface area contributed by atoms with E-state index in [9.17, 15) is 4.79 Å². The number of nitrogen functional groups attached to an aromatic ring is 1. The van der Waals surface area contributed by atoms with Gasteiger partial charge in [-0.3, -0.25) is 9.78 Å². The summed E-state index contributed by atoms with van der Waals surface area (Å²) in [6, 6.07) is 19.9. The number of pyridine rings is 1. The minimum atomic E-state index is -0.240. The number of anilines is 2. The summed E-state index contributed by atoms with van der Waals surface area (Å²) in [5.41, 5.74) is 10.3. The van der Waals surface area contributed by atoms with Gasteiger partial charge in [-0.05, 0) is 37.3 Å². The summed E-state index contributed by atoms with van der Waals surface area (Å²) in [5.74, 6) is 1.58. The third-order valence-corrected chi connectivity index (χ3v) is 5.21. The van der Waals surface area contributed by atoms with Crippen LogP contribution in [0.4, 0.5) is 11.4 Å². The molecule has 0 spiro atoms. The molecule has 1 amide bonds. The van der Waals surface area contributed by atoms with Crippen LogP contribution in [0, 0.1) is 6.92 Å². The molecule has 4 aromatic rings. The Balaban J connectivity index is 1.54. The number of ether oxygens (including phenoxy) is 3. The number of methoxy groups -OCH3 is 2. The van der Waals surface area contributed by atoms with Gasteiger partial charge in [-0.15, -0.1) is 0 Å². The molecule has 4 rings (SSSR count). The number of rotatable bonds is 7. The van der Waals surface area contributed by atoms with Crippen LogP contribution in [-0.2, 0) is 6.61 Å². The van der Waals surface area contributed by atoms with Gasteiger partial charge in [-0.25, -0.2) is 0 Å². The second-order valence-electron chi connectivity index (χ2n) is 7.53. The number of hydrogen-bond acceptors (Lipinski definition) is 6. The van der Waals surface area contributed by atoms with E-state index in [0.717, 1.165) is 22.2 Å². The first kappa shape index (κ1) is 22.0. The second-order valence-corrected chi connectivity index (χ2v) is 7.53. The number of nitrogens with two attached hydrogens (primary N) is 1. The van der Waals surface area contributed by atoms with Gasteiger partial charge in [0.2, 0.25) is 0 Å². The number of hydrogen-bond donors (Lipinski definition) is 2. The summed E-state index contributed by atoms with van der Waals surface area (Å²) >= 11 is 0. The molecule has 0 aliphatic rings. The van der Waals surface area contributed by atoms with Crippen molar-refractivity contribution in [3.05, 3.63) is 83.6 Å². The fourth-order valence-electron chi connectivity index (χ4n) is 3.56. The molecule has 0 saturated carbocycles. The number of benzene rings is 3. The average Bonchev–Trinajstić information content (AvgIpc) is 2.83. The first-order valence-electron chi connectivity index (χ1n) is 10.4. The molecule has 7 heteroatoms. The molecule has 7 nitrogen and oxygen atoms in total. The molecule has 0 aliphatic heterocycles. The number of amides is 1. The molecule has 1 aromatic heterocycles. The van der Waals surface area contributed by atoms with Crippen LogP contribution in [0.5, 0.6) is 17.2 Å². The lowest BCUT2D eigenvalue weighted by Crippen LogP contribution is -2.15. The van der Waals surface area contributed by atoms with Gasteiger partial charge in [0.25, 0.3) is 5.91 Å². The Morgan fingerprint density at radius 1 is 0.939 bits per heavy atom. The molecule has 0 unspecified atom stereocenters. The zero-order valence-corrected chi connectivity index (χ0v) is 18.7. The Morgan fingerprint density at radius 3 is 2.36 bits per heavy atom. The number of aromatic nitrogens is 1. The number of nitrogens with one attached hydrogen (secondary N) is 1. The van der Waals surface area contributed by atoms with Gasteiger partial charge in [0, 0.05) is 51.8 Å². The van der Waals surface area contributed by atoms with Crippen LogP contribution in [0.25, 0.3) is 10.9 Å². The maximum atomic E-state index is 13.1. The maximum Gasteiger partial charge on any atom is 0.256 e. The predicted molar refractivity (Wildman–Crippen MR) is 129 cm³/mol. The van der Waals surface area contributed by atoms with Crippen molar-refractivity contribution in [2.45, 2.75) is 13.5 Å². The van der Waals surface area contributed by atoms with E-state index in [0.29, 0.717) is 34.2 Å². The SMILES string of the molecule is COc1cc(OC)cc(OCc2ccccc2C(=O)Nc2ccc3nc(C)cc(N)c3c2)c1. The molecule has 0 aliphatic carbocycles. The van der Waals surface area contributed by atoms with E-state index in [4.69, 9.17) is 19.9 Å². The quantitative estimate of drug-likeness (QED) is 0.419. The van der Waals surface area contributed by atoms with E-state index in [1.54, 1.807) is 38.5 Å². The van der Waals surface area contributed by atoms with E-state index < -0.39 is 0 Å². The highest BCUT2D eigenvalue weighted by Crippen LogP contribution is 2.28. The second kappa shape index (κ2) is 9.48. The molecular weight excluding hydrogens is 418 g/mol. The van der Waals surface area contributed by atoms with Gasteiger partial charge < -0.3 is 25.3 Å². The largest absolute Gasteiger partial charge is 0.496 e. The van der Waals surface area contributed by atoms with Crippen LogP contribution >= 0.6 is 0 Å². The highest BCUT2D eigenvalue weighted by atomic mass is 16.5. The molecule has 3 N–H and O–H groups in total. The molecule has 0 radical (unpaired) electrons. The molecule has 33 heavy (non-hydrogen) atoms. The minimum Gasteiger partial charge on any atom is -0.496 e. The molecule has 0 saturated heterocycles. The Bertz CT molecular complexity index is 1300. The number of aryl methyl sites for hydroxylation is 1. The first-order chi connectivity index (χ1) is 16.0. The fraction of sp³-hybridized carbons (Fsp3) is 0.154. The lowest BCUT2D eigenvalue weighted by Gasteiger charge is -2.13. The molecule has 3 aromatic carbocycles. The van der Waals surface area contributed by atoms with E-state index >= 15 is 0 Å². The Kier molecular flexibility index (Phi) is 6.31. The third-order valence-electron chi connectivity index (χ3n) is 5.21.